The highest BCUT2D eigenvalue weighted by Gasteiger charge is 2.49. The lowest BCUT2D eigenvalue weighted by Crippen LogP contribution is -2.28. The molecule has 0 atom stereocenters. The SMILES string of the molecule is Cc1cc(OS(=O)(=O)C(F)(F)F)c([N+](=O)[O-])cc1I. The van der Waals surface area contributed by atoms with E-state index in [2.05, 4.69) is 4.18 Å². The van der Waals surface area contributed by atoms with Gasteiger partial charge in [0.2, 0.25) is 5.75 Å². The van der Waals surface area contributed by atoms with E-state index in [0.717, 1.165) is 12.1 Å². The van der Waals surface area contributed by atoms with Gasteiger partial charge in [-0.15, -0.1) is 0 Å². The zero-order chi connectivity index (χ0) is 15.0. The lowest BCUT2D eigenvalue weighted by molar-refractivity contribution is -0.385. The summed E-state index contributed by atoms with van der Waals surface area (Å²) in [6.45, 7) is 1.44. The van der Waals surface area contributed by atoms with Crippen LogP contribution in [-0.4, -0.2) is 18.8 Å². The van der Waals surface area contributed by atoms with E-state index in [1.807, 2.05) is 0 Å². The van der Waals surface area contributed by atoms with Crippen LogP contribution >= 0.6 is 22.6 Å². The van der Waals surface area contributed by atoms with Crippen LogP contribution in [0.4, 0.5) is 18.9 Å². The molecule has 0 bridgehead atoms. The molecule has 0 N–H and O–H groups in total. The first kappa shape index (κ1) is 15.9. The topological polar surface area (TPSA) is 86.5 Å². The maximum atomic E-state index is 12.1. The number of benzene rings is 1. The summed E-state index contributed by atoms with van der Waals surface area (Å²) in [5, 5.41) is 10.7. The fraction of sp³-hybridized carbons (Fsp3) is 0.250. The second kappa shape index (κ2) is 5.11. The fourth-order valence-corrected chi connectivity index (χ4v) is 1.93. The van der Waals surface area contributed by atoms with E-state index in [1.165, 1.54) is 6.92 Å². The second-order valence-corrected chi connectivity index (χ2v) is 6.01. The smallest absolute Gasteiger partial charge is 0.369 e. The van der Waals surface area contributed by atoms with Gasteiger partial charge in [0.05, 0.1) is 4.92 Å². The summed E-state index contributed by atoms with van der Waals surface area (Å²) in [6, 6.07) is 1.79. The fourth-order valence-electron chi connectivity index (χ4n) is 1.02. The third-order valence-corrected chi connectivity index (χ3v) is 4.05. The van der Waals surface area contributed by atoms with Gasteiger partial charge in [0.15, 0.2) is 0 Å². The Kier molecular flexibility index (Phi) is 4.29. The molecule has 0 unspecified atom stereocenters. The summed E-state index contributed by atoms with van der Waals surface area (Å²) < 4.78 is 62.3. The Hall–Kier alpha value is -1.11. The van der Waals surface area contributed by atoms with Crippen LogP contribution in [0, 0.1) is 20.6 Å². The van der Waals surface area contributed by atoms with Crippen LogP contribution in [-0.2, 0) is 10.1 Å². The van der Waals surface area contributed by atoms with E-state index < -0.39 is 32.0 Å². The van der Waals surface area contributed by atoms with Gasteiger partial charge >= 0.3 is 21.3 Å². The average Bonchev–Trinajstić information content (AvgIpc) is 2.20. The van der Waals surface area contributed by atoms with Crippen molar-refractivity contribution >= 4 is 38.4 Å². The average molecular weight is 411 g/mol. The first-order chi connectivity index (χ1) is 8.45. The third-order valence-electron chi connectivity index (χ3n) is 1.92. The summed E-state index contributed by atoms with van der Waals surface area (Å²) in [5.41, 5.74) is -6.17. The maximum absolute atomic E-state index is 12.1. The largest absolute Gasteiger partial charge is 0.534 e. The Morgan fingerprint density at radius 3 is 2.32 bits per heavy atom. The number of halogens is 4. The first-order valence-corrected chi connectivity index (χ1v) is 6.89. The van der Waals surface area contributed by atoms with Gasteiger partial charge in [-0.25, -0.2) is 0 Å². The van der Waals surface area contributed by atoms with Gasteiger partial charge in [0.1, 0.15) is 0 Å². The van der Waals surface area contributed by atoms with Crippen LogP contribution in [0.15, 0.2) is 12.1 Å². The molecule has 0 spiro atoms. The molecule has 6 nitrogen and oxygen atoms in total. The van der Waals surface area contributed by atoms with Gasteiger partial charge in [0.25, 0.3) is 0 Å². The molecule has 0 fully saturated rings. The van der Waals surface area contributed by atoms with E-state index in [4.69, 9.17) is 0 Å². The van der Waals surface area contributed by atoms with E-state index in [1.54, 1.807) is 22.6 Å². The molecule has 0 saturated heterocycles. The number of nitro benzene ring substituents is 1. The maximum Gasteiger partial charge on any atom is 0.534 e. The molecule has 1 rings (SSSR count). The van der Waals surface area contributed by atoms with Gasteiger partial charge in [-0.05, 0) is 41.1 Å². The lowest BCUT2D eigenvalue weighted by atomic mass is 10.2. The van der Waals surface area contributed by atoms with Crippen molar-refractivity contribution in [3.8, 4) is 5.75 Å². The van der Waals surface area contributed by atoms with Gasteiger partial charge in [-0.2, -0.15) is 21.6 Å². The highest BCUT2D eigenvalue weighted by Crippen LogP contribution is 2.35. The minimum absolute atomic E-state index is 0.346. The van der Waals surface area contributed by atoms with Crippen molar-refractivity contribution in [2.75, 3.05) is 0 Å². The molecule has 0 aliphatic rings. The molecule has 0 amide bonds. The van der Waals surface area contributed by atoms with Gasteiger partial charge in [-0.3, -0.25) is 10.1 Å². The van der Waals surface area contributed by atoms with Crippen molar-refractivity contribution in [2.24, 2.45) is 0 Å². The summed E-state index contributed by atoms with van der Waals surface area (Å²) in [7, 11) is -5.94. The van der Waals surface area contributed by atoms with Crippen molar-refractivity contribution in [3.63, 3.8) is 0 Å². The lowest BCUT2D eigenvalue weighted by Gasteiger charge is -2.10. The van der Waals surface area contributed by atoms with Crippen LogP contribution in [0.2, 0.25) is 0 Å². The Bertz CT molecular complexity index is 628. The second-order valence-electron chi connectivity index (χ2n) is 3.31. The highest BCUT2D eigenvalue weighted by molar-refractivity contribution is 14.1. The Morgan fingerprint density at radius 2 is 1.89 bits per heavy atom. The normalized spacial score (nSPS) is 12.3. The number of aryl methyl sites for hydroxylation is 1. The minimum atomic E-state index is -5.94. The van der Waals surface area contributed by atoms with E-state index in [-0.39, 0.29) is 0 Å². The summed E-state index contributed by atoms with van der Waals surface area (Å²) in [6.07, 6.45) is 0. The highest BCUT2D eigenvalue weighted by atomic mass is 127. The molecular weight excluding hydrogens is 406 g/mol. The van der Waals surface area contributed by atoms with Crippen molar-refractivity contribution in [1.29, 1.82) is 0 Å². The zero-order valence-corrected chi connectivity index (χ0v) is 12.0. The summed E-state index contributed by atoms with van der Waals surface area (Å²) in [5.74, 6) is -0.972. The predicted molar refractivity (Wildman–Crippen MR) is 66.2 cm³/mol. The van der Waals surface area contributed by atoms with Crippen LogP contribution in [0.5, 0.6) is 5.75 Å². The molecule has 1 aromatic rings. The number of rotatable bonds is 3. The molecule has 0 aromatic heterocycles. The van der Waals surface area contributed by atoms with Crippen molar-refractivity contribution in [1.82, 2.24) is 0 Å². The number of hydrogen-bond acceptors (Lipinski definition) is 5. The molecule has 106 valence electrons. The van der Waals surface area contributed by atoms with Gasteiger partial charge in [0, 0.05) is 9.64 Å². The minimum Gasteiger partial charge on any atom is -0.369 e. The molecule has 19 heavy (non-hydrogen) atoms. The number of nitro groups is 1. The molecule has 1 aromatic carbocycles. The monoisotopic (exact) mass is 411 g/mol. The predicted octanol–water partition coefficient (Wildman–Crippen LogP) is 2.74. The Morgan fingerprint density at radius 1 is 1.37 bits per heavy atom. The van der Waals surface area contributed by atoms with Crippen LogP contribution in [0.3, 0.4) is 0 Å². The van der Waals surface area contributed by atoms with Crippen molar-refractivity contribution in [3.05, 3.63) is 31.4 Å². The molecule has 0 radical (unpaired) electrons. The van der Waals surface area contributed by atoms with Crippen molar-refractivity contribution in [2.45, 2.75) is 12.4 Å². The number of nitrogens with zero attached hydrogens (tertiary/aromatic N) is 1. The Balaban J connectivity index is 3.37. The van der Waals surface area contributed by atoms with E-state index in [9.17, 15) is 31.7 Å². The van der Waals surface area contributed by atoms with Gasteiger partial charge < -0.3 is 4.18 Å². The van der Waals surface area contributed by atoms with E-state index >= 15 is 0 Å². The molecule has 11 heteroatoms. The third kappa shape index (κ3) is 3.46. The molecule has 0 heterocycles. The molecular formula is C8H5F3INO5S. The van der Waals surface area contributed by atoms with Crippen LogP contribution in [0.25, 0.3) is 0 Å². The molecule has 0 aliphatic carbocycles. The number of alkyl halides is 3. The molecule has 0 aliphatic heterocycles. The number of hydrogen-bond donors (Lipinski definition) is 0. The first-order valence-electron chi connectivity index (χ1n) is 4.41. The van der Waals surface area contributed by atoms with Crippen LogP contribution < -0.4 is 4.18 Å². The standard InChI is InChI=1S/C8H5F3INO5S/c1-4-2-7(6(13(14)15)3-5(4)12)18-19(16,17)8(9,10)11/h2-3H,1H3. The van der Waals surface area contributed by atoms with Crippen molar-refractivity contribution < 1.29 is 30.7 Å². The Labute approximate surface area is 119 Å². The molecule has 0 saturated carbocycles. The quantitative estimate of drug-likeness (QED) is 0.251. The zero-order valence-electron chi connectivity index (χ0n) is 9.06. The summed E-state index contributed by atoms with van der Waals surface area (Å²) in [4.78, 5) is 9.64. The van der Waals surface area contributed by atoms with Crippen LogP contribution in [0.1, 0.15) is 5.56 Å². The van der Waals surface area contributed by atoms with E-state index in [0.29, 0.717) is 9.13 Å². The van der Waals surface area contributed by atoms with Gasteiger partial charge in [-0.1, -0.05) is 0 Å². The summed E-state index contributed by atoms with van der Waals surface area (Å²) >= 11 is 1.72.